The molecule has 94 valence electrons. The highest BCUT2D eigenvalue weighted by atomic mass is 79.9. The lowest BCUT2D eigenvalue weighted by Crippen LogP contribution is -2.34. The van der Waals surface area contributed by atoms with E-state index in [1.54, 1.807) is 0 Å². The van der Waals surface area contributed by atoms with Crippen LogP contribution in [0.5, 0.6) is 0 Å². The van der Waals surface area contributed by atoms with Gasteiger partial charge < -0.3 is 10.2 Å². The van der Waals surface area contributed by atoms with Crippen molar-refractivity contribution in [3.63, 3.8) is 0 Å². The zero-order chi connectivity index (χ0) is 12.1. The summed E-state index contributed by atoms with van der Waals surface area (Å²) >= 11 is 3.52. The molecule has 1 N–H and O–H groups in total. The molecule has 0 amide bonds. The quantitative estimate of drug-likeness (QED) is 0.862. The van der Waals surface area contributed by atoms with E-state index in [4.69, 9.17) is 0 Å². The van der Waals surface area contributed by atoms with Crippen LogP contribution in [-0.2, 0) is 0 Å². The average Bonchev–Trinajstić information content (AvgIpc) is 3.02. The first kappa shape index (κ1) is 10.8. The predicted octanol–water partition coefficient (Wildman–Crippen LogP) is 1.29. The highest BCUT2D eigenvalue weighted by molar-refractivity contribution is 9.10. The minimum atomic E-state index is 0.571. The number of fused-ring (bicyclic) bond motifs is 2. The second-order valence-electron chi connectivity index (χ2n) is 5.00. The van der Waals surface area contributed by atoms with Crippen molar-refractivity contribution >= 4 is 27.5 Å². The Kier molecular flexibility index (Phi) is 2.35. The fraction of sp³-hybridized carbons (Fsp3) is 0.500. The van der Waals surface area contributed by atoms with Gasteiger partial charge in [-0.05, 0) is 40.4 Å². The van der Waals surface area contributed by atoms with Crippen molar-refractivity contribution in [2.45, 2.75) is 12.5 Å². The molecule has 2 fully saturated rings. The Morgan fingerprint density at radius 3 is 3.22 bits per heavy atom. The minimum Gasteiger partial charge on any atom is -0.335 e. The molecule has 2 aliphatic heterocycles. The maximum absolute atomic E-state index is 4.66. The summed E-state index contributed by atoms with van der Waals surface area (Å²) in [6.45, 7) is 3.27. The lowest BCUT2D eigenvalue weighted by atomic mass is 10.1. The smallest absolute Gasteiger partial charge is 0.246 e. The molecule has 18 heavy (non-hydrogen) atoms. The molecule has 6 heteroatoms. The Balaban J connectivity index is 1.76. The number of pyridine rings is 1. The molecule has 0 unspecified atom stereocenters. The minimum absolute atomic E-state index is 0.571. The predicted molar refractivity (Wildman–Crippen MR) is 72.8 cm³/mol. The molecular weight excluding hydrogens is 294 g/mol. The molecular formula is C12H14BrN5. The number of nitrogens with one attached hydrogen (secondary N) is 1. The van der Waals surface area contributed by atoms with Crippen LogP contribution in [0.4, 0.5) is 5.95 Å². The molecule has 0 aliphatic carbocycles. The Labute approximate surface area is 113 Å². The van der Waals surface area contributed by atoms with E-state index in [-0.39, 0.29) is 0 Å². The van der Waals surface area contributed by atoms with Gasteiger partial charge in [0, 0.05) is 31.9 Å². The summed E-state index contributed by atoms with van der Waals surface area (Å²) < 4.78 is 2.83. The number of hydrogen-bond acceptors (Lipinski definition) is 4. The van der Waals surface area contributed by atoms with E-state index < -0.39 is 0 Å². The second-order valence-corrected chi connectivity index (χ2v) is 5.86. The van der Waals surface area contributed by atoms with Crippen LogP contribution < -0.4 is 10.2 Å². The Hall–Kier alpha value is -1.14. The summed E-state index contributed by atoms with van der Waals surface area (Å²) in [6.07, 6.45) is 3.19. The van der Waals surface area contributed by atoms with Gasteiger partial charge in [-0.25, -0.2) is 4.52 Å². The summed E-state index contributed by atoms with van der Waals surface area (Å²) in [6, 6.07) is 4.54. The largest absolute Gasteiger partial charge is 0.335 e. The average molecular weight is 308 g/mol. The number of rotatable bonds is 1. The first-order valence-corrected chi connectivity index (χ1v) is 7.10. The number of aromatic nitrogens is 3. The van der Waals surface area contributed by atoms with E-state index in [0.29, 0.717) is 6.04 Å². The van der Waals surface area contributed by atoms with Gasteiger partial charge in [0.25, 0.3) is 0 Å². The zero-order valence-electron chi connectivity index (χ0n) is 9.88. The molecule has 0 radical (unpaired) electrons. The monoisotopic (exact) mass is 307 g/mol. The fourth-order valence-corrected chi connectivity index (χ4v) is 3.50. The summed E-state index contributed by atoms with van der Waals surface area (Å²) in [5.74, 6) is 1.62. The molecule has 0 aromatic carbocycles. The number of anilines is 1. The van der Waals surface area contributed by atoms with Crippen molar-refractivity contribution in [2.75, 3.05) is 24.5 Å². The lowest BCUT2D eigenvalue weighted by Gasteiger charge is -2.21. The maximum atomic E-state index is 4.66. The van der Waals surface area contributed by atoms with Crippen LogP contribution in [-0.4, -0.2) is 40.3 Å². The van der Waals surface area contributed by atoms with E-state index in [9.17, 15) is 0 Å². The van der Waals surface area contributed by atoms with Crippen LogP contribution in [0.1, 0.15) is 6.42 Å². The third-order valence-corrected chi connectivity index (χ3v) is 4.62. The topological polar surface area (TPSA) is 45.5 Å². The normalized spacial score (nSPS) is 27.1. The Bertz CT molecular complexity index is 595. The van der Waals surface area contributed by atoms with Gasteiger partial charge in [-0.3, -0.25) is 0 Å². The first-order chi connectivity index (χ1) is 8.83. The van der Waals surface area contributed by atoms with E-state index in [1.165, 1.54) is 6.42 Å². The molecule has 0 spiro atoms. The summed E-state index contributed by atoms with van der Waals surface area (Å²) in [7, 11) is 0. The van der Waals surface area contributed by atoms with Crippen LogP contribution in [0.25, 0.3) is 5.65 Å². The van der Waals surface area contributed by atoms with Crippen molar-refractivity contribution in [3.05, 3.63) is 22.8 Å². The van der Waals surface area contributed by atoms with Gasteiger partial charge in [0.2, 0.25) is 5.95 Å². The second kappa shape index (κ2) is 3.93. The molecule has 2 saturated heterocycles. The summed E-state index contributed by atoms with van der Waals surface area (Å²) in [4.78, 5) is 7.01. The molecule has 0 saturated carbocycles. The van der Waals surface area contributed by atoms with Crippen molar-refractivity contribution in [1.82, 2.24) is 19.9 Å². The fourth-order valence-electron chi connectivity index (χ4n) is 3.08. The number of nitrogens with zero attached hydrogens (tertiary/aromatic N) is 4. The van der Waals surface area contributed by atoms with E-state index in [2.05, 4.69) is 36.2 Å². The third-order valence-electron chi connectivity index (χ3n) is 4.01. The number of halogens is 1. The molecule has 4 rings (SSSR count). The Morgan fingerprint density at radius 1 is 1.39 bits per heavy atom. The van der Waals surface area contributed by atoms with Gasteiger partial charge in [-0.2, -0.15) is 4.98 Å². The maximum Gasteiger partial charge on any atom is 0.246 e. The molecule has 0 bridgehead atoms. The standard InChI is InChI=1S/C12H14BrN5/c13-9-2-1-4-18-11(9)15-12(16-18)17-5-3-8-6-14-7-10(8)17/h1-2,4,8,10,14H,3,5-7H2/t8-,10+/m0/s1. The van der Waals surface area contributed by atoms with Gasteiger partial charge >= 0.3 is 0 Å². The molecule has 2 atom stereocenters. The third kappa shape index (κ3) is 1.48. The van der Waals surface area contributed by atoms with Gasteiger partial charge in [-0.15, -0.1) is 5.10 Å². The van der Waals surface area contributed by atoms with Gasteiger partial charge in [0.05, 0.1) is 4.47 Å². The van der Waals surface area contributed by atoms with Crippen LogP contribution in [0.3, 0.4) is 0 Å². The SMILES string of the molecule is Brc1cccn2nc(N3CC[C@H]4CNC[C@H]43)nc12. The number of hydrogen-bond donors (Lipinski definition) is 1. The van der Waals surface area contributed by atoms with Crippen molar-refractivity contribution < 1.29 is 0 Å². The van der Waals surface area contributed by atoms with Crippen molar-refractivity contribution in [1.29, 1.82) is 0 Å². The molecule has 2 aromatic rings. The van der Waals surface area contributed by atoms with Crippen LogP contribution in [0, 0.1) is 5.92 Å². The van der Waals surface area contributed by atoms with Crippen molar-refractivity contribution in [3.8, 4) is 0 Å². The molecule has 5 nitrogen and oxygen atoms in total. The van der Waals surface area contributed by atoms with Crippen LogP contribution in [0.15, 0.2) is 22.8 Å². The highest BCUT2D eigenvalue weighted by Gasteiger charge is 2.39. The van der Waals surface area contributed by atoms with Crippen LogP contribution >= 0.6 is 15.9 Å². The van der Waals surface area contributed by atoms with E-state index in [1.807, 2.05) is 22.8 Å². The van der Waals surface area contributed by atoms with Crippen LogP contribution in [0.2, 0.25) is 0 Å². The Morgan fingerprint density at radius 2 is 2.33 bits per heavy atom. The first-order valence-electron chi connectivity index (χ1n) is 6.31. The van der Waals surface area contributed by atoms with E-state index >= 15 is 0 Å². The molecule has 2 aliphatic rings. The van der Waals surface area contributed by atoms with E-state index in [0.717, 1.165) is 41.6 Å². The highest BCUT2D eigenvalue weighted by Crippen LogP contribution is 2.30. The summed E-state index contributed by atoms with van der Waals surface area (Å²) in [5, 5.41) is 8.05. The van der Waals surface area contributed by atoms with Gasteiger partial charge in [0.1, 0.15) is 0 Å². The molecule has 2 aromatic heterocycles. The van der Waals surface area contributed by atoms with Gasteiger partial charge in [0.15, 0.2) is 5.65 Å². The van der Waals surface area contributed by atoms with Gasteiger partial charge in [-0.1, -0.05) is 0 Å². The zero-order valence-corrected chi connectivity index (χ0v) is 11.5. The summed E-state index contributed by atoms with van der Waals surface area (Å²) in [5.41, 5.74) is 0.891. The lowest BCUT2D eigenvalue weighted by molar-refractivity contribution is 0.576. The molecule has 4 heterocycles. The van der Waals surface area contributed by atoms with Crippen molar-refractivity contribution in [2.24, 2.45) is 5.92 Å².